The lowest BCUT2D eigenvalue weighted by Crippen LogP contribution is -2.39. The Hall–Kier alpha value is -0.690. The average Bonchev–Trinajstić information content (AvgIpc) is 2.30. The second-order valence-corrected chi connectivity index (χ2v) is 2.54. The third-order valence-electron chi connectivity index (χ3n) is 1.73. The van der Waals surface area contributed by atoms with Gasteiger partial charge in [-0.2, -0.15) is 0 Å². The van der Waals surface area contributed by atoms with Gasteiger partial charge in [-0.15, -0.1) is 0 Å². The van der Waals surface area contributed by atoms with Crippen molar-refractivity contribution in [3.63, 3.8) is 0 Å². The predicted octanol–water partition coefficient (Wildman–Crippen LogP) is -2.44. The number of nitrogens with two attached hydrogens (primary N) is 1. The van der Waals surface area contributed by atoms with Crippen molar-refractivity contribution in [3.8, 4) is 0 Å². The number of hydrogen-bond acceptors (Lipinski definition) is 5. The van der Waals surface area contributed by atoms with Crippen LogP contribution in [0.1, 0.15) is 0 Å². The summed E-state index contributed by atoms with van der Waals surface area (Å²) in [6, 6.07) is 0. The van der Waals surface area contributed by atoms with E-state index < -0.39 is 30.5 Å². The summed E-state index contributed by atoms with van der Waals surface area (Å²) in [5, 5.41) is 18.3. The molecular weight excluding hydrogens is 166 g/mol. The first-order chi connectivity index (χ1) is 5.57. The number of amides is 1. The van der Waals surface area contributed by atoms with Gasteiger partial charge in [-0.05, 0) is 0 Å². The van der Waals surface area contributed by atoms with Crippen molar-refractivity contribution in [1.82, 2.24) is 0 Å². The summed E-state index contributed by atoms with van der Waals surface area (Å²) in [5.74, 6) is -0.818. The number of rotatable bonds is 2. The van der Waals surface area contributed by atoms with E-state index in [-0.39, 0.29) is 0 Å². The molecule has 12 heavy (non-hydrogen) atoms. The quantitative estimate of drug-likeness (QED) is 0.435. The van der Waals surface area contributed by atoms with Crippen LogP contribution in [0.25, 0.3) is 0 Å². The highest BCUT2D eigenvalue weighted by molar-refractivity contribution is 5.80. The maximum Gasteiger partial charge on any atom is 0.249 e. The first-order valence-electron chi connectivity index (χ1n) is 3.41. The Balaban J connectivity index is 2.66. The zero-order chi connectivity index (χ0) is 9.30. The maximum absolute atomic E-state index is 10.6. The van der Waals surface area contributed by atoms with E-state index in [4.69, 9.17) is 15.6 Å². The first kappa shape index (κ1) is 9.40. The van der Waals surface area contributed by atoms with E-state index >= 15 is 0 Å². The Morgan fingerprint density at radius 3 is 2.33 bits per heavy atom. The highest BCUT2D eigenvalue weighted by atomic mass is 16.7. The molecule has 0 spiro atoms. The van der Waals surface area contributed by atoms with Gasteiger partial charge in [0.25, 0.3) is 0 Å². The minimum Gasteiger partial charge on any atom is -0.387 e. The van der Waals surface area contributed by atoms with Crippen molar-refractivity contribution in [1.29, 1.82) is 0 Å². The van der Waals surface area contributed by atoms with Gasteiger partial charge in [-0.3, -0.25) is 4.79 Å². The molecule has 1 fully saturated rings. The van der Waals surface area contributed by atoms with Crippen LogP contribution in [0.15, 0.2) is 0 Å². The van der Waals surface area contributed by atoms with Gasteiger partial charge in [0.2, 0.25) is 5.91 Å². The topological polar surface area (TPSA) is 102 Å². The van der Waals surface area contributed by atoms with E-state index in [2.05, 4.69) is 4.74 Å². The normalized spacial score (nSPS) is 41.6. The smallest absolute Gasteiger partial charge is 0.249 e. The van der Waals surface area contributed by atoms with Crippen LogP contribution in [0.5, 0.6) is 0 Å². The van der Waals surface area contributed by atoms with Crippen molar-refractivity contribution in [3.05, 3.63) is 0 Å². The van der Waals surface area contributed by atoms with Crippen molar-refractivity contribution < 1.29 is 24.5 Å². The highest BCUT2D eigenvalue weighted by Gasteiger charge is 2.45. The van der Waals surface area contributed by atoms with Gasteiger partial charge in [-0.1, -0.05) is 0 Å². The molecule has 4 unspecified atom stereocenters. The fourth-order valence-corrected chi connectivity index (χ4v) is 1.08. The first-order valence-corrected chi connectivity index (χ1v) is 3.41. The highest BCUT2D eigenvalue weighted by Crippen LogP contribution is 2.21. The second kappa shape index (κ2) is 3.36. The zero-order valence-electron chi connectivity index (χ0n) is 6.51. The summed E-state index contributed by atoms with van der Waals surface area (Å²) < 4.78 is 9.43. The number of aliphatic hydroxyl groups is 2. The van der Waals surface area contributed by atoms with Gasteiger partial charge in [0.1, 0.15) is 12.2 Å². The summed E-state index contributed by atoms with van der Waals surface area (Å²) in [7, 11) is 1.30. The molecule has 6 heteroatoms. The van der Waals surface area contributed by atoms with Gasteiger partial charge in [0.15, 0.2) is 12.4 Å². The lowest BCUT2D eigenvalue weighted by molar-refractivity contribution is -0.158. The summed E-state index contributed by atoms with van der Waals surface area (Å²) >= 11 is 0. The standard InChI is InChI=1S/C6H11NO5/c1-11-6-3(9)2(8)4(12-6)5(7)10/h2-4,6,8-9H,1H3,(H2,7,10). The molecule has 1 saturated heterocycles. The predicted molar refractivity (Wildman–Crippen MR) is 36.9 cm³/mol. The Bertz CT molecular complexity index is 185. The van der Waals surface area contributed by atoms with Crippen molar-refractivity contribution >= 4 is 5.91 Å². The lowest BCUT2D eigenvalue weighted by atomic mass is 10.1. The van der Waals surface area contributed by atoms with Crippen LogP contribution in [-0.4, -0.2) is 47.8 Å². The van der Waals surface area contributed by atoms with Crippen molar-refractivity contribution in [2.75, 3.05) is 7.11 Å². The monoisotopic (exact) mass is 177 g/mol. The van der Waals surface area contributed by atoms with Crippen LogP contribution < -0.4 is 5.73 Å². The molecule has 1 aliphatic heterocycles. The van der Waals surface area contributed by atoms with Gasteiger partial charge in [0.05, 0.1) is 0 Å². The SMILES string of the molecule is COC1OC(C(N)=O)C(O)C1O. The van der Waals surface area contributed by atoms with E-state index in [0.29, 0.717) is 0 Å². The third-order valence-corrected chi connectivity index (χ3v) is 1.73. The van der Waals surface area contributed by atoms with Crippen molar-refractivity contribution in [2.24, 2.45) is 5.73 Å². The molecule has 6 nitrogen and oxygen atoms in total. The van der Waals surface area contributed by atoms with E-state index in [1.807, 2.05) is 0 Å². The van der Waals surface area contributed by atoms with E-state index in [0.717, 1.165) is 0 Å². The Kier molecular flexibility index (Phi) is 2.63. The molecule has 0 radical (unpaired) electrons. The fraction of sp³-hybridized carbons (Fsp3) is 0.833. The molecule has 4 N–H and O–H groups in total. The average molecular weight is 177 g/mol. The van der Waals surface area contributed by atoms with Crippen molar-refractivity contribution in [2.45, 2.75) is 24.6 Å². The Morgan fingerprint density at radius 1 is 1.50 bits per heavy atom. The number of aliphatic hydroxyl groups excluding tert-OH is 2. The molecule has 1 aliphatic rings. The largest absolute Gasteiger partial charge is 0.387 e. The second-order valence-electron chi connectivity index (χ2n) is 2.54. The van der Waals surface area contributed by atoms with Gasteiger partial charge < -0.3 is 25.4 Å². The molecule has 0 bridgehead atoms. The Labute approximate surface area is 68.9 Å². The van der Waals surface area contributed by atoms with Crippen LogP contribution in [0.4, 0.5) is 0 Å². The number of carbonyl (C=O) groups excluding carboxylic acids is 1. The Morgan fingerprint density at radius 2 is 2.08 bits per heavy atom. The lowest BCUT2D eigenvalue weighted by Gasteiger charge is -2.11. The molecule has 70 valence electrons. The number of hydrogen-bond donors (Lipinski definition) is 3. The minimum atomic E-state index is -1.31. The molecule has 0 aromatic rings. The minimum absolute atomic E-state index is 0.818. The van der Waals surface area contributed by atoms with Crippen LogP contribution in [-0.2, 0) is 14.3 Å². The van der Waals surface area contributed by atoms with Crippen LogP contribution >= 0.6 is 0 Å². The molecule has 0 aliphatic carbocycles. The molecule has 4 atom stereocenters. The molecular formula is C6H11NO5. The van der Waals surface area contributed by atoms with Gasteiger partial charge in [-0.25, -0.2) is 0 Å². The summed E-state index contributed by atoms with van der Waals surface area (Å²) in [6.07, 6.45) is -4.72. The van der Waals surface area contributed by atoms with E-state index in [1.165, 1.54) is 7.11 Å². The molecule has 0 aromatic heterocycles. The third kappa shape index (κ3) is 1.42. The van der Waals surface area contributed by atoms with E-state index in [1.54, 1.807) is 0 Å². The number of ether oxygens (including phenoxy) is 2. The summed E-state index contributed by atoms with van der Waals surface area (Å²) in [6.45, 7) is 0. The maximum atomic E-state index is 10.6. The molecule has 0 saturated carbocycles. The van der Waals surface area contributed by atoms with Crippen LogP contribution in [0.2, 0.25) is 0 Å². The van der Waals surface area contributed by atoms with Gasteiger partial charge in [0, 0.05) is 7.11 Å². The van der Waals surface area contributed by atoms with Gasteiger partial charge >= 0.3 is 0 Å². The fourth-order valence-electron chi connectivity index (χ4n) is 1.08. The number of primary amides is 1. The molecule has 1 rings (SSSR count). The number of methoxy groups -OCH3 is 1. The van der Waals surface area contributed by atoms with Crippen LogP contribution in [0, 0.1) is 0 Å². The zero-order valence-corrected chi connectivity index (χ0v) is 6.51. The molecule has 0 aromatic carbocycles. The van der Waals surface area contributed by atoms with Crippen LogP contribution in [0.3, 0.4) is 0 Å². The molecule has 1 amide bonds. The molecule has 1 heterocycles. The number of carbonyl (C=O) groups is 1. The summed E-state index contributed by atoms with van der Waals surface area (Å²) in [5.41, 5.74) is 4.88. The van der Waals surface area contributed by atoms with E-state index in [9.17, 15) is 9.90 Å². The summed E-state index contributed by atoms with van der Waals surface area (Å²) in [4.78, 5) is 10.6.